The number of hydrogen-bond acceptors (Lipinski definition) is 5. The number of esters is 1. The predicted molar refractivity (Wildman–Crippen MR) is 65.8 cm³/mol. The minimum atomic E-state index is -0.581. The van der Waals surface area contributed by atoms with Gasteiger partial charge in [-0.3, -0.25) is 9.59 Å². The van der Waals surface area contributed by atoms with Crippen molar-refractivity contribution < 1.29 is 23.9 Å². The second kappa shape index (κ2) is 5.48. The number of fused-ring (bicyclic) bond motifs is 1. The van der Waals surface area contributed by atoms with Gasteiger partial charge in [0.05, 0.1) is 6.61 Å². The molecule has 0 spiro atoms. The molecule has 0 aromatic heterocycles. The quantitative estimate of drug-likeness (QED) is 0.768. The van der Waals surface area contributed by atoms with Gasteiger partial charge in [-0.2, -0.15) is 0 Å². The molecule has 0 amide bonds. The third-order valence-corrected chi connectivity index (χ3v) is 2.57. The summed E-state index contributed by atoms with van der Waals surface area (Å²) in [4.78, 5) is 35.0. The lowest BCUT2D eigenvalue weighted by Crippen LogP contribution is -2.21. The highest BCUT2D eigenvalue weighted by Gasteiger charge is 2.26. The molecule has 0 radical (unpaired) electrons. The molecule has 98 valence electrons. The number of Topliss-reactive ketones (excluding diaryl/α,β-unsaturated/α-hetero) is 1. The van der Waals surface area contributed by atoms with E-state index in [-0.39, 0.29) is 30.3 Å². The van der Waals surface area contributed by atoms with Gasteiger partial charge >= 0.3 is 5.97 Å². The Morgan fingerprint density at radius 3 is 2.53 bits per heavy atom. The van der Waals surface area contributed by atoms with Crippen molar-refractivity contribution in [2.75, 3.05) is 13.2 Å². The maximum Gasteiger partial charge on any atom is 0.344 e. The van der Waals surface area contributed by atoms with Crippen LogP contribution in [0.1, 0.15) is 27.6 Å². The molecule has 0 aliphatic heterocycles. The Labute approximate surface area is 109 Å². The Bertz CT molecular complexity index is 571. The first kappa shape index (κ1) is 13.0. The summed E-state index contributed by atoms with van der Waals surface area (Å²) in [5.41, 5.74) is 0.629. The molecular weight excluding hydrogens is 248 g/mol. The third kappa shape index (κ3) is 2.70. The van der Waals surface area contributed by atoms with Crippen LogP contribution in [-0.2, 0) is 14.3 Å². The van der Waals surface area contributed by atoms with Crippen molar-refractivity contribution in [1.29, 1.82) is 0 Å². The Morgan fingerprint density at radius 1 is 1.16 bits per heavy atom. The van der Waals surface area contributed by atoms with Gasteiger partial charge in [-0.05, 0) is 6.92 Å². The molecule has 19 heavy (non-hydrogen) atoms. The summed E-state index contributed by atoms with van der Waals surface area (Å²) in [5.74, 6) is -1.42. The molecule has 0 saturated heterocycles. The Balaban J connectivity index is 2.14. The number of ketones is 2. The van der Waals surface area contributed by atoms with Crippen LogP contribution in [0, 0.1) is 0 Å². The van der Waals surface area contributed by atoms with Crippen molar-refractivity contribution >= 4 is 17.5 Å². The molecule has 0 N–H and O–H groups in total. The van der Waals surface area contributed by atoms with E-state index < -0.39 is 11.8 Å². The van der Waals surface area contributed by atoms with E-state index in [1.807, 2.05) is 0 Å². The molecule has 0 unspecified atom stereocenters. The van der Waals surface area contributed by atoms with Crippen LogP contribution in [0.5, 0.6) is 0 Å². The fourth-order valence-corrected chi connectivity index (χ4v) is 1.74. The van der Waals surface area contributed by atoms with Crippen LogP contribution < -0.4 is 0 Å². The van der Waals surface area contributed by atoms with Gasteiger partial charge < -0.3 is 9.47 Å². The van der Waals surface area contributed by atoms with Gasteiger partial charge in [0.2, 0.25) is 5.78 Å². The number of carbonyl (C=O) groups excluding carboxylic acids is 3. The number of allylic oxidation sites excluding steroid dienone is 2. The smallest absolute Gasteiger partial charge is 0.344 e. The van der Waals surface area contributed by atoms with Crippen molar-refractivity contribution in [3.8, 4) is 0 Å². The molecule has 0 heterocycles. The van der Waals surface area contributed by atoms with Gasteiger partial charge in [-0.15, -0.1) is 0 Å². The number of ether oxygens (including phenoxy) is 2. The summed E-state index contributed by atoms with van der Waals surface area (Å²) in [7, 11) is 0. The number of carbonyl (C=O) groups is 3. The van der Waals surface area contributed by atoms with Crippen LogP contribution in [0.15, 0.2) is 36.1 Å². The fraction of sp³-hybridized carbons (Fsp3) is 0.214. The van der Waals surface area contributed by atoms with Gasteiger partial charge in [0, 0.05) is 17.2 Å². The minimum absolute atomic E-state index is 0.128. The largest absolute Gasteiger partial charge is 0.478 e. The van der Waals surface area contributed by atoms with E-state index in [0.717, 1.165) is 6.08 Å². The van der Waals surface area contributed by atoms with Crippen LogP contribution in [0.2, 0.25) is 0 Å². The van der Waals surface area contributed by atoms with E-state index in [0.29, 0.717) is 5.56 Å². The molecular formula is C14H12O5. The average molecular weight is 260 g/mol. The molecule has 1 aromatic rings. The lowest BCUT2D eigenvalue weighted by Gasteiger charge is -2.15. The average Bonchev–Trinajstić information content (AvgIpc) is 2.42. The monoisotopic (exact) mass is 260 g/mol. The van der Waals surface area contributed by atoms with Crippen LogP contribution in [0.25, 0.3) is 0 Å². The molecule has 0 atom stereocenters. The van der Waals surface area contributed by atoms with Gasteiger partial charge in [-0.25, -0.2) is 4.79 Å². The van der Waals surface area contributed by atoms with Gasteiger partial charge in [0.1, 0.15) is 0 Å². The van der Waals surface area contributed by atoms with Crippen LogP contribution in [-0.4, -0.2) is 30.7 Å². The molecule has 2 rings (SSSR count). The second-order valence-corrected chi connectivity index (χ2v) is 3.84. The van der Waals surface area contributed by atoms with Crippen molar-refractivity contribution in [3.05, 3.63) is 47.2 Å². The van der Waals surface area contributed by atoms with Crippen molar-refractivity contribution in [2.24, 2.45) is 0 Å². The normalized spacial score (nSPS) is 13.6. The zero-order valence-corrected chi connectivity index (χ0v) is 10.3. The van der Waals surface area contributed by atoms with Crippen LogP contribution in [0.4, 0.5) is 0 Å². The van der Waals surface area contributed by atoms with Gasteiger partial charge in [0.15, 0.2) is 18.1 Å². The molecule has 1 aliphatic rings. The van der Waals surface area contributed by atoms with E-state index >= 15 is 0 Å². The first-order valence-corrected chi connectivity index (χ1v) is 5.81. The molecule has 5 nitrogen and oxygen atoms in total. The molecule has 1 aliphatic carbocycles. The highest BCUT2D eigenvalue weighted by Crippen LogP contribution is 2.21. The fourth-order valence-electron chi connectivity index (χ4n) is 1.74. The summed E-state index contributed by atoms with van der Waals surface area (Å²) in [6, 6.07) is 6.48. The molecule has 0 saturated carbocycles. The number of hydrogen-bond donors (Lipinski definition) is 0. The standard InChI is InChI=1S/C14H12O5/c1-2-18-13(16)8-19-12-7-11(15)9-5-3-4-6-10(9)14(12)17/h3-7H,2,8H2,1H3. The number of rotatable bonds is 4. The molecule has 0 bridgehead atoms. The van der Waals surface area contributed by atoms with E-state index in [1.54, 1.807) is 31.2 Å². The third-order valence-electron chi connectivity index (χ3n) is 2.57. The van der Waals surface area contributed by atoms with Gasteiger partial charge in [0.25, 0.3) is 0 Å². The minimum Gasteiger partial charge on any atom is -0.478 e. The molecule has 1 aromatic carbocycles. The summed E-state index contributed by atoms with van der Waals surface area (Å²) in [6.45, 7) is 1.51. The molecule has 0 fully saturated rings. The predicted octanol–water partition coefficient (Wildman–Crippen LogP) is 1.53. The van der Waals surface area contributed by atoms with E-state index in [9.17, 15) is 14.4 Å². The zero-order valence-electron chi connectivity index (χ0n) is 10.3. The maximum atomic E-state index is 12.0. The van der Waals surface area contributed by atoms with Gasteiger partial charge in [-0.1, -0.05) is 24.3 Å². The van der Waals surface area contributed by atoms with Crippen molar-refractivity contribution in [3.63, 3.8) is 0 Å². The maximum absolute atomic E-state index is 12.0. The summed E-state index contributed by atoms with van der Waals surface area (Å²) >= 11 is 0. The Hall–Kier alpha value is -2.43. The van der Waals surface area contributed by atoms with E-state index in [4.69, 9.17) is 4.74 Å². The first-order valence-electron chi connectivity index (χ1n) is 5.81. The summed E-state index contributed by atoms with van der Waals surface area (Å²) in [6.07, 6.45) is 1.10. The zero-order chi connectivity index (χ0) is 13.8. The summed E-state index contributed by atoms with van der Waals surface area (Å²) in [5, 5.41) is 0. The lowest BCUT2D eigenvalue weighted by molar-refractivity contribution is -0.146. The van der Waals surface area contributed by atoms with Crippen LogP contribution >= 0.6 is 0 Å². The highest BCUT2D eigenvalue weighted by atomic mass is 16.6. The topological polar surface area (TPSA) is 69.7 Å². The number of benzene rings is 1. The van der Waals surface area contributed by atoms with E-state index in [2.05, 4.69) is 4.74 Å². The lowest BCUT2D eigenvalue weighted by atomic mass is 9.94. The van der Waals surface area contributed by atoms with E-state index in [1.165, 1.54) is 0 Å². The molecule has 5 heteroatoms. The SMILES string of the molecule is CCOC(=O)COC1=CC(=O)c2ccccc2C1=O. The highest BCUT2D eigenvalue weighted by molar-refractivity contribution is 6.23. The first-order chi connectivity index (χ1) is 9.13. The second-order valence-electron chi connectivity index (χ2n) is 3.84. The van der Waals surface area contributed by atoms with Crippen molar-refractivity contribution in [1.82, 2.24) is 0 Å². The van der Waals surface area contributed by atoms with Crippen LogP contribution in [0.3, 0.4) is 0 Å². The summed E-state index contributed by atoms with van der Waals surface area (Å²) < 4.78 is 9.73. The van der Waals surface area contributed by atoms with Crippen molar-refractivity contribution in [2.45, 2.75) is 6.92 Å². The Kier molecular flexibility index (Phi) is 3.75. The Morgan fingerprint density at radius 2 is 1.84 bits per heavy atom.